The van der Waals surface area contributed by atoms with E-state index in [0.29, 0.717) is 19.3 Å². The molecule has 0 aliphatic heterocycles. The van der Waals surface area contributed by atoms with E-state index in [0.717, 1.165) is 89.9 Å². The number of esters is 1. The summed E-state index contributed by atoms with van der Waals surface area (Å²) >= 11 is 0. The highest BCUT2D eigenvalue weighted by molar-refractivity contribution is 5.77. The number of aliphatic hydroxyl groups excluding tert-OH is 2. The quantitative estimate of drug-likeness (QED) is 0.0325. The van der Waals surface area contributed by atoms with Crippen LogP contribution in [0.25, 0.3) is 0 Å². The Bertz CT molecular complexity index is 930. The van der Waals surface area contributed by atoms with Crippen LogP contribution in [0.3, 0.4) is 0 Å². The first-order chi connectivity index (χ1) is 27.5. The van der Waals surface area contributed by atoms with Gasteiger partial charge in [0.05, 0.1) is 25.2 Å². The third kappa shape index (κ3) is 38.9. The topological polar surface area (TPSA) is 95.9 Å². The van der Waals surface area contributed by atoms with Gasteiger partial charge in [-0.2, -0.15) is 0 Å². The van der Waals surface area contributed by atoms with Crippen LogP contribution >= 0.6 is 0 Å². The van der Waals surface area contributed by atoms with Gasteiger partial charge >= 0.3 is 5.97 Å². The van der Waals surface area contributed by atoms with Crippen LogP contribution in [0.1, 0.15) is 245 Å². The predicted molar refractivity (Wildman–Crippen MR) is 241 cm³/mol. The highest BCUT2D eigenvalue weighted by atomic mass is 16.5. The van der Waals surface area contributed by atoms with Gasteiger partial charge < -0.3 is 20.3 Å². The Morgan fingerprint density at radius 2 is 0.964 bits per heavy atom. The van der Waals surface area contributed by atoms with Gasteiger partial charge in [-0.3, -0.25) is 9.59 Å². The van der Waals surface area contributed by atoms with E-state index in [9.17, 15) is 19.8 Å². The largest absolute Gasteiger partial charge is 0.462 e. The minimum atomic E-state index is -0.789. The molecule has 0 bridgehead atoms. The summed E-state index contributed by atoms with van der Waals surface area (Å²) in [5, 5.41) is 23.6. The number of nitrogens with one attached hydrogen (secondary N) is 1. The molecule has 0 aliphatic rings. The van der Waals surface area contributed by atoms with Crippen molar-refractivity contribution in [1.29, 1.82) is 0 Å². The molecule has 1 amide bonds. The van der Waals surface area contributed by atoms with E-state index in [4.69, 9.17) is 4.74 Å². The molecule has 3 atom stereocenters. The van der Waals surface area contributed by atoms with Crippen LogP contribution in [-0.4, -0.2) is 46.9 Å². The molecule has 3 N–H and O–H groups in total. The second kappa shape index (κ2) is 44.2. The molecule has 56 heavy (non-hydrogen) atoms. The van der Waals surface area contributed by atoms with E-state index in [-0.39, 0.29) is 24.9 Å². The minimum absolute atomic E-state index is 0.0657. The number of rotatable bonds is 43. The summed E-state index contributed by atoms with van der Waals surface area (Å²) < 4.78 is 5.91. The summed E-state index contributed by atoms with van der Waals surface area (Å²) in [5.74, 6) is -0.489. The molecule has 0 fully saturated rings. The molecule has 0 radical (unpaired) electrons. The summed E-state index contributed by atoms with van der Waals surface area (Å²) in [7, 11) is 0. The van der Waals surface area contributed by atoms with Crippen LogP contribution in [0.4, 0.5) is 0 Å². The first-order valence-corrected chi connectivity index (χ1v) is 24.2. The van der Waals surface area contributed by atoms with Crippen molar-refractivity contribution >= 4 is 11.9 Å². The van der Waals surface area contributed by atoms with Crippen LogP contribution in [-0.2, 0) is 14.3 Å². The van der Waals surface area contributed by atoms with E-state index >= 15 is 0 Å². The molecular formula is C50H93NO5. The Morgan fingerprint density at radius 3 is 1.46 bits per heavy atom. The van der Waals surface area contributed by atoms with Crippen molar-refractivity contribution in [3.05, 3.63) is 36.5 Å². The fourth-order valence-electron chi connectivity index (χ4n) is 7.33. The van der Waals surface area contributed by atoms with Crippen LogP contribution in [0.5, 0.6) is 0 Å². The zero-order valence-corrected chi connectivity index (χ0v) is 37.3. The lowest BCUT2D eigenvalue weighted by Gasteiger charge is -2.24. The van der Waals surface area contributed by atoms with Crippen molar-refractivity contribution in [2.24, 2.45) is 0 Å². The first kappa shape index (κ1) is 54.1. The number of hydrogen-bond donors (Lipinski definition) is 3. The van der Waals surface area contributed by atoms with Crippen LogP contribution in [0, 0.1) is 0 Å². The number of carbonyl (C=O) groups is 2. The molecule has 0 spiro atoms. The molecule has 6 nitrogen and oxygen atoms in total. The van der Waals surface area contributed by atoms with Gasteiger partial charge in [0.1, 0.15) is 6.10 Å². The maximum absolute atomic E-state index is 13.1. The molecule has 0 saturated heterocycles. The third-order valence-electron chi connectivity index (χ3n) is 11.0. The molecular weight excluding hydrogens is 695 g/mol. The molecule has 0 heterocycles. The normalized spacial score (nSPS) is 13.6. The molecule has 3 unspecified atom stereocenters. The van der Waals surface area contributed by atoms with Gasteiger partial charge in [-0.25, -0.2) is 0 Å². The minimum Gasteiger partial charge on any atom is -0.462 e. The van der Waals surface area contributed by atoms with Gasteiger partial charge in [-0.05, 0) is 57.8 Å². The van der Waals surface area contributed by atoms with Crippen LogP contribution in [0.2, 0.25) is 0 Å². The fourth-order valence-corrected chi connectivity index (χ4v) is 7.33. The molecule has 0 saturated carbocycles. The zero-order chi connectivity index (χ0) is 41.0. The molecule has 0 aromatic rings. The second-order valence-corrected chi connectivity index (χ2v) is 16.5. The SMILES string of the molecule is CC/C=C/C/C=C/C/C=C/CCCCCCC(CC(=O)NC(CO)C(O)CCCCCCCCCCC)OC(=O)CCCCCCCCCCCCCCCC. The van der Waals surface area contributed by atoms with Gasteiger partial charge in [-0.15, -0.1) is 0 Å². The third-order valence-corrected chi connectivity index (χ3v) is 11.0. The monoisotopic (exact) mass is 788 g/mol. The smallest absolute Gasteiger partial charge is 0.306 e. The zero-order valence-electron chi connectivity index (χ0n) is 37.3. The Balaban J connectivity index is 4.61. The van der Waals surface area contributed by atoms with Gasteiger partial charge in [0, 0.05) is 6.42 Å². The maximum Gasteiger partial charge on any atom is 0.306 e. The number of allylic oxidation sites excluding steroid dienone is 6. The Kier molecular flexibility index (Phi) is 42.7. The Hall–Kier alpha value is -1.92. The van der Waals surface area contributed by atoms with E-state index in [1.165, 1.54) is 109 Å². The number of aliphatic hydroxyl groups is 2. The van der Waals surface area contributed by atoms with Gasteiger partial charge in [0.2, 0.25) is 5.91 Å². The number of carbonyl (C=O) groups excluding carboxylic acids is 2. The van der Waals surface area contributed by atoms with Crippen molar-refractivity contribution in [3.63, 3.8) is 0 Å². The lowest BCUT2D eigenvalue weighted by atomic mass is 10.0. The molecule has 328 valence electrons. The van der Waals surface area contributed by atoms with Gasteiger partial charge in [0.15, 0.2) is 0 Å². The van der Waals surface area contributed by atoms with Crippen LogP contribution in [0.15, 0.2) is 36.5 Å². The molecule has 0 rings (SSSR count). The van der Waals surface area contributed by atoms with E-state index in [1.807, 2.05) is 0 Å². The van der Waals surface area contributed by atoms with Gasteiger partial charge in [-0.1, -0.05) is 211 Å². The first-order valence-electron chi connectivity index (χ1n) is 24.2. The number of amides is 1. The predicted octanol–water partition coefficient (Wildman–Crippen LogP) is 14.1. The fraction of sp³-hybridized carbons (Fsp3) is 0.840. The van der Waals surface area contributed by atoms with E-state index in [1.54, 1.807) is 0 Å². The Labute approximate surface area is 347 Å². The average Bonchev–Trinajstić information content (AvgIpc) is 3.19. The standard InChI is InChI=1S/C50H93NO5/c1-4-7-10-13-16-19-21-23-25-27-30-32-35-38-41-46(56-50(55)43-40-37-34-31-28-26-24-22-20-17-14-11-8-5-2)44-49(54)51-47(45-52)48(53)42-39-36-33-29-18-15-12-9-6-3/h7,10,16,19,23,25,46-48,52-53H,4-6,8-9,11-15,17-18,20-22,24,26-45H2,1-3H3,(H,51,54)/b10-7+,19-16+,25-23+. The molecule has 0 aromatic heterocycles. The number of hydrogen-bond acceptors (Lipinski definition) is 5. The summed E-state index contributed by atoms with van der Waals surface area (Å²) in [6, 6.07) is -0.704. The van der Waals surface area contributed by atoms with Crippen molar-refractivity contribution in [2.45, 2.75) is 264 Å². The summed E-state index contributed by atoms with van der Waals surface area (Å²) in [6.45, 7) is 6.35. The Morgan fingerprint density at radius 1 is 0.536 bits per heavy atom. The van der Waals surface area contributed by atoms with Crippen molar-refractivity contribution in [1.82, 2.24) is 5.32 Å². The maximum atomic E-state index is 13.1. The summed E-state index contributed by atoms with van der Waals surface area (Å²) in [5.41, 5.74) is 0. The lowest BCUT2D eigenvalue weighted by molar-refractivity contribution is -0.151. The second-order valence-electron chi connectivity index (χ2n) is 16.5. The number of ether oxygens (including phenoxy) is 1. The van der Waals surface area contributed by atoms with Crippen molar-refractivity contribution < 1.29 is 24.5 Å². The highest BCUT2D eigenvalue weighted by Crippen LogP contribution is 2.18. The van der Waals surface area contributed by atoms with Crippen molar-refractivity contribution in [2.75, 3.05) is 6.61 Å². The van der Waals surface area contributed by atoms with Crippen LogP contribution < -0.4 is 5.32 Å². The van der Waals surface area contributed by atoms with E-state index < -0.39 is 18.2 Å². The number of unbranched alkanes of at least 4 members (excludes halogenated alkanes) is 25. The van der Waals surface area contributed by atoms with E-state index in [2.05, 4.69) is 62.5 Å². The highest BCUT2D eigenvalue weighted by Gasteiger charge is 2.24. The van der Waals surface area contributed by atoms with Crippen molar-refractivity contribution in [3.8, 4) is 0 Å². The lowest BCUT2D eigenvalue weighted by Crippen LogP contribution is -2.46. The summed E-state index contributed by atoms with van der Waals surface area (Å²) in [4.78, 5) is 26.0. The average molecular weight is 788 g/mol. The summed E-state index contributed by atoms with van der Waals surface area (Å²) in [6.07, 6.45) is 50.6. The molecule has 0 aromatic carbocycles. The molecule has 6 heteroatoms. The van der Waals surface area contributed by atoms with Gasteiger partial charge in [0.25, 0.3) is 0 Å². The molecule has 0 aliphatic carbocycles.